The topological polar surface area (TPSA) is 59.9 Å². The maximum Gasteiger partial charge on any atom is 0.277 e. The number of rotatable bonds is 8. The molecule has 0 aliphatic rings. The fourth-order valence-electron chi connectivity index (χ4n) is 2.01. The van der Waals surface area contributed by atoms with Crippen molar-refractivity contribution in [2.45, 2.75) is 6.92 Å². The van der Waals surface area contributed by atoms with Crippen LogP contribution in [-0.2, 0) is 4.79 Å². The minimum atomic E-state index is -0.342. The van der Waals surface area contributed by atoms with Crippen molar-refractivity contribution in [2.75, 3.05) is 13.7 Å². The number of carbonyl (C=O) groups excluding carboxylic acids is 1. The molecule has 0 radical (unpaired) electrons. The zero-order valence-electron chi connectivity index (χ0n) is 15.2. The van der Waals surface area contributed by atoms with Crippen molar-refractivity contribution in [2.24, 2.45) is 5.10 Å². The van der Waals surface area contributed by atoms with E-state index in [1.807, 2.05) is 48.6 Å². The maximum absolute atomic E-state index is 11.8. The van der Waals surface area contributed by atoms with Crippen LogP contribution in [0.3, 0.4) is 0 Å². The standard InChI is InChI=1S/C21H21BrN2O3/c1-16(8-6-7-11-17-9-4-3-5-10-17)23-24-21(25)15-27-20-13-12-18(26-2)14-19(20)22/h3-14H,15H2,1-2H3,(H,24,25)/b8-6+,11-7+,23-16-. The monoisotopic (exact) mass is 428 g/mol. The highest BCUT2D eigenvalue weighted by Crippen LogP contribution is 2.28. The molecule has 27 heavy (non-hydrogen) atoms. The first-order valence-corrected chi connectivity index (χ1v) is 9.07. The zero-order valence-corrected chi connectivity index (χ0v) is 16.8. The number of benzene rings is 2. The highest BCUT2D eigenvalue weighted by Gasteiger charge is 2.06. The summed E-state index contributed by atoms with van der Waals surface area (Å²) in [5, 5.41) is 4.02. The number of ether oxygens (including phenoxy) is 2. The van der Waals surface area contributed by atoms with Crippen molar-refractivity contribution in [3.8, 4) is 11.5 Å². The number of nitrogens with zero attached hydrogens (tertiary/aromatic N) is 1. The predicted octanol–water partition coefficient (Wildman–Crippen LogP) is 4.60. The van der Waals surface area contributed by atoms with Crippen molar-refractivity contribution < 1.29 is 14.3 Å². The second-order valence-corrected chi connectivity index (χ2v) is 6.36. The Hall–Kier alpha value is -2.86. The molecular weight excluding hydrogens is 408 g/mol. The molecule has 2 aromatic rings. The Morgan fingerprint density at radius 2 is 1.96 bits per heavy atom. The zero-order chi connectivity index (χ0) is 19.5. The van der Waals surface area contributed by atoms with Gasteiger partial charge in [-0.1, -0.05) is 48.6 Å². The molecule has 0 saturated heterocycles. The quantitative estimate of drug-likeness (QED) is 0.379. The van der Waals surface area contributed by atoms with Crippen molar-refractivity contribution in [3.05, 3.63) is 76.8 Å². The second kappa shape index (κ2) is 11.0. The molecule has 0 fully saturated rings. The first kappa shape index (κ1) is 20.5. The lowest BCUT2D eigenvalue weighted by molar-refractivity contribution is -0.123. The van der Waals surface area contributed by atoms with Crippen molar-refractivity contribution in [1.82, 2.24) is 5.43 Å². The molecule has 5 nitrogen and oxygen atoms in total. The Labute approximate surface area is 167 Å². The third-order valence-electron chi connectivity index (χ3n) is 3.39. The van der Waals surface area contributed by atoms with Gasteiger partial charge in [0.25, 0.3) is 5.91 Å². The summed E-state index contributed by atoms with van der Waals surface area (Å²) in [6, 6.07) is 15.2. The van der Waals surface area contributed by atoms with E-state index in [1.165, 1.54) is 0 Å². The van der Waals surface area contributed by atoms with Gasteiger partial charge in [0.15, 0.2) is 6.61 Å². The molecule has 0 heterocycles. The van der Waals surface area contributed by atoms with Crippen LogP contribution >= 0.6 is 15.9 Å². The van der Waals surface area contributed by atoms with E-state index < -0.39 is 0 Å². The van der Waals surface area contributed by atoms with Crippen molar-refractivity contribution >= 4 is 33.6 Å². The number of carbonyl (C=O) groups is 1. The molecule has 2 rings (SSSR count). The molecule has 6 heteroatoms. The number of nitrogens with one attached hydrogen (secondary N) is 1. The largest absolute Gasteiger partial charge is 0.497 e. The van der Waals surface area contributed by atoms with Gasteiger partial charge in [-0.2, -0.15) is 5.10 Å². The van der Waals surface area contributed by atoms with E-state index in [-0.39, 0.29) is 12.5 Å². The Bertz CT molecular complexity index is 846. The summed E-state index contributed by atoms with van der Waals surface area (Å²) in [6.07, 6.45) is 7.58. The molecule has 0 bridgehead atoms. The van der Waals surface area contributed by atoms with Crippen molar-refractivity contribution in [3.63, 3.8) is 0 Å². The van der Waals surface area contributed by atoms with Gasteiger partial charge in [0.1, 0.15) is 11.5 Å². The number of amides is 1. The third-order valence-corrected chi connectivity index (χ3v) is 4.01. The average molecular weight is 429 g/mol. The Morgan fingerprint density at radius 3 is 2.67 bits per heavy atom. The van der Waals surface area contributed by atoms with E-state index in [9.17, 15) is 4.79 Å². The fraction of sp³-hybridized carbons (Fsp3) is 0.143. The predicted molar refractivity (Wildman–Crippen MR) is 112 cm³/mol. The summed E-state index contributed by atoms with van der Waals surface area (Å²) in [6.45, 7) is 1.66. The number of hydrogen-bond donors (Lipinski definition) is 1. The molecule has 0 aliphatic heterocycles. The third kappa shape index (κ3) is 7.50. The van der Waals surface area contributed by atoms with Gasteiger partial charge in [-0.15, -0.1) is 0 Å². The van der Waals surface area contributed by atoms with E-state index in [1.54, 1.807) is 38.3 Å². The van der Waals surface area contributed by atoms with Crippen LogP contribution in [0.25, 0.3) is 6.08 Å². The Morgan fingerprint density at radius 1 is 1.19 bits per heavy atom. The van der Waals surface area contributed by atoms with E-state index in [0.717, 1.165) is 5.56 Å². The Kier molecular flexibility index (Phi) is 8.32. The van der Waals surface area contributed by atoms with Crippen LogP contribution < -0.4 is 14.9 Å². The van der Waals surface area contributed by atoms with Crippen LogP contribution in [0.1, 0.15) is 12.5 Å². The van der Waals surface area contributed by atoms with Gasteiger partial charge < -0.3 is 9.47 Å². The van der Waals surface area contributed by atoms with Crippen LogP contribution in [0.4, 0.5) is 0 Å². The summed E-state index contributed by atoms with van der Waals surface area (Å²) >= 11 is 3.37. The number of halogens is 1. The number of hydrogen-bond acceptors (Lipinski definition) is 4. The molecule has 0 unspecified atom stereocenters. The highest BCUT2D eigenvalue weighted by atomic mass is 79.9. The van der Waals surface area contributed by atoms with Crippen LogP contribution in [0.2, 0.25) is 0 Å². The van der Waals surface area contributed by atoms with Gasteiger partial charge in [0, 0.05) is 0 Å². The van der Waals surface area contributed by atoms with Crippen LogP contribution in [-0.4, -0.2) is 25.3 Å². The summed E-state index contributed by atoms with van der Waals surface area (Å²) in [5.74, 6) is 0.912. The van der Waals surface area contributed by atoms with Gasteiger partial charge >= 0.3 is 0 Å². The molecule has 0 atom stereocenters. The molecule has 0 aromatic heterocycles. The molecule has 2 aromatic carbocycles. The minimum Gasteiger partial charge on any atom is -0.497 e. The lowest BCUT2D eigenvalue weighted by Crippen LogP contribution is -2.25. The Balaban J connectivity index is 1.78. The minimum absolute atomic E-state index is 0.140. The smallest absolute Gasteiger partial charge is 0.277 e. The van der Waals surface area contributed by atoms with E-state index in [0.29, 0.717) is 21.7 Å². The molecule has 1 N–H and O–H groups in total. The number of allylic oxidation sites excluding steroid dienone is 3. The fourth-order valence-corrected chi connectivity index (χ4v) is 2.49. The number of hydrazone groups is 1. The first-order valence-electron chi connectivity index (χ1n) is 8.28. The lowest BCUT2D eigenvalue weighted by Gasteiger charge is -2.08. The summed E-state index contributed by atoms with van der Waals surface area (Å²) < 4.78 is 11.3. The summed E-state index contributed by atoms with van der Waals surface area (Å²) in [5.41, 5.74) is 4.25. The van der Waals surface area contributed by atoms with Crippen LogP contribution in [0.5, 0.6) is 11.5 Å². The van der Waals surface area contributed by atoms with Gasteiger partial charge in [-0.25, -0.2) is 5.43 Å². The first-order chi connectivity index (χ1) is 13.1. The van der Waals surface area contributed by atoms with Crippen LogP contribution in [0, 0.1) is 0 Å². The van der Waals surface area contributed by atoms with Crippen LogP contribution in [0.15, 0.2) is 76.3 Å². The van der Waals surface area contributed by atoms with E-state index in [4.69, 9.17) is 9.47 Å². The van der Waals surface area contributed by atoms with Crippen molar-refractivity contribution in [1.29, 1.82) is 0 Å². The molecule has 0 saturated carbocycles. The average Bonchev–Trinajstić information content (AvgIpc) is 2.69. The van der Waals surface area contributed by atoms with Gasteiger partial charge in [0.05, 0.1) is 17.3 Å². The van der Waals surface area contributed by atoms with E-state index in [2.05, 4.69) is 26.5 Å². The van der Waals surface area contributed by atoms with Gasteiger partial charge in [0.2, 0.25) is 0 Å². The van der Waals surface area contributed by atoms with Gasteiger partial charge in [-0.3, -0.25) is 4.79 Å². The molecule has 0 aliphatic carbocycles. The lowest BCUT2D eigenvalue weighted by atomic mass is 10.2. The molecule has 0 spiro atoms. The molecular formula is C21H21BrN2O3. The molecule has 140 valence electrons. The highest BCUT2D eigenvalue weighted by molar-refractivity contribution is 9.10. The second-order valence-electron chi connectivity index (χ2n) is 5.50. The van der Waals surface area contributed by atoms with E-state index >= 15 is 0 Å². The maximum atomic E-state index is 11.8. The van der Waals surface area contributed by atoms with Gasteiger partial charge in [-0.05, 0) is 52.7 Å². The SMILES string of the molecule is COc1ccc(OCC(=O)N\N=C(C)/C=C/C=C/c2ccccc2)c(Br)c1. The molecule has 1 amide bonds. The normalized spacial score (nSPS) is 11.7. The summed E-state index contributed by atoms with van der Waals surface area (Å²) in [7, 11) is 1.59. The number of methoxy groups -OCH3 is 1. The summed E-state index contributed by atoms with van der Waals surface area (Å²) in [4.78, 5) is 11.8.